The van der Waals surface area contributed by atoms with Gasteiger partial charge in [0, 0.05) is 25.0 Å². The van der Waals surface area contributed by atoms with E-state index in [9.17, 15) is 0 Å². The van der Waals surface area contributed by atoms with Crippen molar-refractivity contribution in [3.63, 3.8) is 0 Å². The van der Waals surface area contributed by atoms with Gasteiger partial charge in [-0.05, 0) is 25.7 Å². The number of aromatic nitrogens is 2. The van der Waals surface area contributed by atoms with Gasteiger partial charge in [0.25, 0.3) is 0 Å². The maximum atomic E-state index is 5.66. The summed E-state index contributed by atoms with van der Waals surface area (Å²) in [6.45, 7) is 4.76. The highest BCUT2D eigenvalue weighted by Crippen LogP contribution is 2.15. The maximum Gasteiger partial charge on any atom is 0.156 e. The number of nitrogens with zero attached hydrogens (tertiary/aromatic N) is 2. The van der Waals surface area contributed by atoms with E-state index < -0.39 is 0 Å². The van der Waals surface area contributed by atoms with Crippen molar-refractivity contribution < 1.29 is 9.47 Å². The molecule has 0 unspecified atom stereocenters. The Morgan fingerprint density at radius 2 is 2.22 bits per heavy atom. The molecular weight excluding hydrogens is 232 g/mol. The monoisotopic (exact) mass is 252 g/mol. The van der Waals surface area contributed by atoms with E-state index in [1.165, 1.54) is 0 Å². The van der Waals surface area contributed by atoms with E-state index in [1.54, 1.807) is 6.07 Å². The number of anilines is 1. The Bertz CT molecular complexity index is 380. The molecule has 0 aromatic carbocycles. The number of ether oxygens (including phenoxy) is 2. The van der Waals surface area contributed by atoms with Gasteiger partial charge in [-0.1, -0.05) is 0 Å². The fraction of sp³-hybridized carbons (Fsp3) is 0.667. The Labute approximate surface area is 107 Å². The summed E-state index contributed by atoms with van der Waals surface area (Å²) >= 11 is 0. The second kappa shape index (κ2) is 6.63. The van der Waals surface area contributed by atoms with Gasteiger partial charge in [0.2, 0.25) is 0 Å². The lowest BCUT2D eigenvalue weighted by Gasteiger charge is -2.21. The Morgan fingerprint density at radius 1 is 1.44 bits per heavy atom. The molecule has 0 saturated carbocycles. The Kier molecular flexibility index (Phi) is 4.86. The van der Waals surface area contributed by atoms with E-state index in [2.05, 4.69) is 15.4 Å². The third-order valence-electron chi connectivity index (χ3n) is 2.97. The average molecular weight is 252 g/mol. The van der Waals surface area contributed by atoms with E-state index >= 15 is 0 Å². The molecule has 0 radical (unpaired) electrons. The third-order valence-corrected chi connectivity index (χ3v) is 2.97. The highest BCUT2D eigenvalue weighted by Gasteiger charge is 2.14. The number of nitrogen functional groups attached to an aromatic ring is 1. The number of aryl methyl sites for hydroxylation is 1. The van der Waals surface area contributed by atoms with Crippen LogP contribution in [0, 0.1) is 12.8 Å². The summed E-state index contributed by atoms with van der Waals surface area (Å²) in [5, 5.41) is 0. The largest absolute Gasteiger partial charge is 0.381 e. The van der Waals surface area contributed by atoms with Crippen LogP contribution in [0.15, 0.2) is 6.07 Å². The van der Waals surface area contributed by atoms with Crippen molar-refractivity contribution in [3.05, 3.63) is 17.6 Å². The first-order valence-corrected chi connectivity index (χ1v) is 6.24. The van der Waals surface area contributed by atoms with Crippen molar-refractivity contribution in [2.45, 2.75) is 26.4 Å². The van der Waals surface area contributed by atoms with Gasteiger partial charge in [0.1, 0.15) is 12.4 Å². The second-order valence-corrected chi connectivity index (χ2v) is 4.53. The standard InChI is InChI=1S/C12H20N4O2/c1-9-6-11(16-13)15-12(14-9)8-18-7-10-2-4-17-5-3-10/h6,10H,2-5,7-8,13H2,1H3,(H,14,15,16). The predicted octanol–water partition coefficient (Wildman–Crippen LogP) is 1.01. The van der Waals surface area contributed by atoms with Crippen LogP contribution < -0.4 is 11.3 Å². The number of nitrogens with one attached hydrogen (secondary N) is 1. The van der Waals surface area contributed by atoms with Crippen LogP contribution in [0.2, 0.25) is 0 Å². The molecule has 1 aliphatic rings. The molecular formula is C12H20N4O2. The first-order valence-electron chi connectivity index (χ1n) is 6.24. The lowest BCUT2D eigenvalue weighted by atomic mass is 10.0. The topological polar surface area (TPSA) is 82.3 Å². The van der Waals surface area contributed by atoms with Gasteiger partial charge < -0.3 is 14.9 Å². The van der Waals surface area contributed by atoms with Crippen molar-refractivity contribution >= 4 is 5.82 Å². The molecule has 0 aliphatic carbocycles. The van der Waals surface area contributed by atoms with Crippen molar-refractivity contribution in [1.29, 1.82) is 0 Å². The zero-order valence-corrected chi connectivity index (χ0v) is 10.7. The van der Waals surface area contributed by atoms with Gasteiger partial charge >= 0.3 is 0 Å². The molecule has 6 heteroatoms. The first-order chi connectivity index (χ1) is 8.78. The number of hydrogen-bond acceptors (Lipinski definition) is 6. The van der Waals surface area contributed by atoms with E-state index in [0.717, 1.165) is 38.4 Å². The molecule has 0 atom stereocenters. The highest BCUT2D eigenvalue weighted by molar-refractivity contribution is 5.33. The summed E-state index contributed by atoms with van der Waals surface area (Å²) in [5.74, 6) is 7.21. The SMILES string of the molecule is Cc1cc(NN)nc(COCC2CCOCC2)n1. The van der Waals surface area contributed by atoms with Crippen LogP contribution in [0.25, 0.3) is 0 Å². The molecule has 100 valence electrons. The van der Waals surface area contributed by atoms with Crippen LogP contribution in [0.4, 0.5) is 5.82 Å². The molecule has 1 fully saturated rings. The molecule has 6 nitrogen and oxygen atoms in total. The summed E-state index contributed by atoms with van der Waals surface area (Å²) in [7, 11) is 0. The zero-order valence-electron chi connectivity index (χ0n) is 10.7. The van der Waals surface area contributed by atoms with E-state index in [0.29, 0.717) is 24.2 Å². The van der Waals surface area contributed by atoms with Gasteiger partial charge in [-0.3, -0.25) is 0 Å². The molecule has 18 heavy (non-hydrogen) atoms. The molecule has 1 aromatic heterocycles. The summed E-state index contributed by atoms with van der Waals surface area (Å²) in [4.78, 5) is 8.55. The van der Waals surface area contributed by atoms with Crippen molar-refractivity contribution in [1.82, 2.24) is 9.97 Å². The molecule has 0 spiro atoms. The van der Waals surface area contributed by atoms with Crippen LogP contribution in [0.1, 0.15) is 24.4 Å². The van der Waals surface area contributed by atoms with Gasteiger partial charge in [-0.15, -0.1) is 0 Å². The average Bonchev–Trinajstić information content (AvgIpc) is 2.39. The highest BCUT2D eigenvalue weighted by atomic mass is 16.5. The van der Waals surface area contributed by atoms with Crippen molar-refractivity contribution in [2.24, 2.45) is 11.8 Å². The minimum Gasteiger partial charge on any atom is -0.381 e. The predicted molar refractivity (Wildman–Crippen MR) is 67.8 cm³/mol. The number of rotatable bonds is 5. The van der Waals surface area contributed by atoms with Gasteiger partial charge in [0.05, 0.1) is 6.61 Å². The second-order valence-electron chi connectivity index (χ2n) is 4.53. The fourth-order valence-electron chi connectivity index (χ4n) is 2.00. The molecule has 3 N–H and O–H groups in total. The van der Waals surface area contributed by atoms with E-state index in [1.807, 2.05) is 6.92 Å². The Morgan fingerprint density at radius 3 is 2.94 bits per heavy atom. The number of hydrogen-bond donors (Lipinski definition) is 2. The van der Waals surface area contributed by atoms with Gasteiger partial charge in [0.15, 0.2) is 5.82 Å². The number of hydrazine groups is 1. The van der Waals surface area contributed by atoms with Crippen LogP contribution in [-0.2, 0) is 16.1 Å². The van der Waals surface area contributed by atoms with Gasteiger partial charge in [-0.25, -0.2) is 15.8 Å². The van der Waals surface area contributed by atoms with E-state index in [-0.39, 0.29) is 0 Å². The molecule has 0 amide bonds. The van der Waals surface area contributed by atoms with Crippen LogP contribution in [0.5, 0.6) is 0 Å². The quantitative estimate of drug-likeness (QED) is 0.601. The molecule has 1 aromatic rings. The maximum absolute atomic E-state index is 5.66. The lowest BCUT2D eigenvalue weighted by molar-refractivity contribution is 0.0142. The van der Waals surface area contributed by atoms with Crippen molar-refractivity contribution in [2.75, 3.05) is 25.2 Å². The van der Waals surface area contributed by atoms with Crippen molar-refractivity contribution in [3.8, 4) is 0 Å². The van der Waals surface area contributed by atoms with Gasteiger partial charge in [-0.2, -0.15) is 0 Å². The third kappa shape index (κ3) is 3.90. The molecule has 1 aliphatic heterocycles. The summed E-state index contributed by atoms with van der Waals surface area (Å²) in [6.07, 6.45) is 2.15. The summed E-state index contributed by atoms with van der Waals surface area (Å²) < 4.78 is 11.0. The minimum absolute atomic E-state index is 0.424. The summed E-state index contributed by atoms with van der Waals surface area (Å²) in [5.41, 5.74) is 3.40. The van der Waals surface area contributed by atoms with Crippen LogP contribution >= 0.6 is 0 Å². The molecule has 2 heterocycles. The smallest absolute Gasteiger partial charge is 0.156 e. The fourth-order valence-corrected chi connectivity index (χ4v) is 2.00. The normalized spacial score (nSPS) is 16.8. The van der Waals surface area contributed by atoms with Crippen LogP contribution in [0.3, 0.4) is 0 Å². The molecule has 0 bridgehead atoms. The number of nitrogens with two attached hydrogens (primary N) is 1. The minimum atomic E-state index is 0.424. The zero-order chi connectivity index (χ0) is 12.8. The molecule has 2 rings (SSSR count). The molecule has 1 saturated heterocycles. The summed E-state index contributed by atoms with van der Waals surface area (Å²) in [6, 6.07) is 1.79. The Balaban J connectivity index is 1.80. The first kappa shape index (κ1) is 13.2. The van der Waals surface area contributed by atoms with Crippen LogP contribution in [-0.4, -0.2) is 29.8 Å². The Hall–Kier alpha value is -1.24. The van der Waals surface area contributed by atoms with E-state index in [4.69, 9.17) is 15.3 Å². The lowest BCUT2D eigenvalue weighted by Crippen LogP contribution is -2.20.